The van der Waals surface area contributed by atoms with Crippen LogP contribution in [0.3, 0.4) is 0 Å². The number of urea groups is 1. The molecular formula is C14H19N3O3. The molecular weight excluding hydrogens is 258 g/mol. The number of carboxylic acid groups (broad SMARTS) is 1. The molecule has 2 heterocycles. The van der Waals surface area contributed by atoms with Gasteiger partial charge < -0.3 is 15.3 Å². The molecule has 1 aromatic rings. The highest BCUT2D eigenvalue weighted by atomic mass is 16.4. The van der Waals surface area contributed by atoms with Crippen molar-refractivity contribution in [3.05, 3.63) is 24.0 Å². The van der Waals surface area contributed by atoms with E-state index in [0.29, 0.717) is 23.2 Å². The lowest BCUT2D eigenvalue weighted by Crippen LogP contribution is -2.33. The molecule has 1 saturated heterocycles. The second kappa shape index (κ2) is 5.90. The Bertz CT molecular complexity index is 491. The molecule has 108 valence electrons. The maximum atomic E-state index is 12.1. The molecule has 0 spiro atoms. The number of carboxylic acids is 1. The number of carbonyl (C=O) groups excluding carboxylic acids is 1. The Morgan fingerprint density at radius 3 is 2.50 bits per heavy atom. The minimum atomic E-state index is -0.922. The average molecular weight is 277 g/mol. The Morgan fingerprint density at radius 1 is 1.35 bits per heavy atom. The van der Waals surface area contributed by atoms with Crippen LogP contribution < -0.4 is 5.32 Å². The summed E-state index contributed by atoms with van der Waals surface area (Å²) < 4.78 is 0. The van der Waals surface area contributed by atoms with Crippen LogP contribution in [0.15, 0.2) is 18.3 Å². The number of hydrogen-bond donors (Lipinski definition) is 2. The first-order chi connectivity index (χ1) is 9.45. The van der Waals surface area contributed by atoms with E-state index in [-0.39, 0.29) is 12.5 Å². The van der Waals surface area contributed by atoms with Crippen molar-refractivity contribution in [2.24, 2.45) is 11.8 Å². The molecule has 1 aliphatic heterocycles. The van der Waals surface area contributed by atoms with Gasteiger partial charge in [0, 0.05) is 13.1 Å². The van der Waals surface area contributed by atoms with Gasteiger partial charge in [0.25, 0.3) is 0 Å². The summed E-state index contributed by atoms with van der Waals surface area (Å²) in [7, 11) is 0. The molecule has 2 unspecified atom stereocenters. The summed E-state index contributed by atoms with van der Waals surface area (Å²) in [6.07, 6.45) is 1.37. The summed E-state index contributed by atoms with van der Waals surface area (Å²) in [5.41, 5.74) is 1.05. The van der Waals surface area contributed by atoms with Crippen LogP contribution in [0.2, 0.25) is 0 Å². The Balaban J connectivity index is 1.93. The predicted molar refractivity (Wildman–Crippen MR) is 74.5 cm³/mol. The van der Waals surface area contributed by atoms with Crippen LogP contribution in [0.5, 0.6) is 0 Å². The molecule has 2 atom stereocenters. The molecule has 1 fully saturated rings. The van der Waals surface area contributed by atoms with Gasteiger partial charge in [0.05, 0.1) is 24.0 Å². The van der Waals surface area contributed by atoms with Crippen molar-refractivity contribution in [3.63, 3.8) is 0 Å². The van der Waals surface area contributed by atoms with E-state index in [1.165, 1.54) is 6.20 Å². The highest BCUT2D eigenvalue weighted by Gasteiger charge is 2.29. The number of rotatable bonds is 3. The highest BCUT2D eigenvalue weighted by Crippen LogP contribution is 2.22. The van der Waals surface area contributed by atoms with Gasteiger partial charge in [-0.25, -0.2) is 4.79 Å². The highest BCUT2D eigenvalue weighted by molar-refractivity contribution is 5.89. The third kappa shape index (κ3) is 3.46. The number of nitrogens with zero attached hydrogens (tertiary/aromatic N) is 2. The van der Waals surface area contributed by atoms with Gasteiger partial charge >= 0.3 is 12.0 Å². The first kappa shape index (κ1) is 14.3. The van der Waals surface area contributed by atoms with Crippen molar-refractivity contribution in [2.45, 2.75) is 20.3 Å². The van der Waals surface area contributed by atoms with Crippen molar-refractivity contribution in [1.82, 2.24) is 9.88 Å². The molecule has 2 N–H and O–H groups in total. The lowest BCUT2D eigenvalue weighted by molar-refractivity contribution is -0.136. The normalized spacial score (nSPS) is 21.8. The van der Waals surface area contributed by atoms with Gasteiger partial charge in [-0.05, 0) is 24.0 Å². The minimum Gasteiger partial charge on any atom is -0.481 e. The molecule has 0 radical (unpaired) electrons. The fourth-order valence-corrected chi connectivity index (χ4v) is 2.26. The predicted octanol–water partition coefficient (Wildman–Crippen LogP) is 1.83. The molecule has 0 saturated carbocycles. The molecule has 2 rings (SSSR count). The smallest absolute Gasteiger partial charge is 0.321 e. The SMILES string of the molecule is CC1CN(C(=O)Nc2ccc(CC(=O)O)nc2)CC1C. The second-order valence-corrected chi connectivity index (χ2v) is 5.40. The quantitative estimate of drug-likeness (QED) is 0.883. The van der Waals surface area contributed by atoms with Crippen LogP contribution in [0.4, 0.5) is 10.5 Å². The number of anilines is 1. The van der Waals surface area contributed by atoms with Crippen LogP contribution in [0.25, 0.3) is 0 Å². The molecule has 1 aliphatic rings. The largest absolute Gasteiger partial charge is 0.481 e. The van der Waals surface area contributed by atoms with Gasteiger partial charge in [0.2, 0.25) is 0 Å². The van der Waals surface area contributed by atoms with E-state index in [2.05, 4.69) is 24.1 Å². The zero-order chi connectivity index (χ0) is 14.7. The number of carbonyl (C=O) groups is 2. The number of aliphatic carboxylic acids is 1. The summed E-state index contributed by atoms with van der Waals surface area (Å²) in [5, 5.41) is 11.4. The zero-order valence-corrected chi connectivity index (χ0v) is 11.7. The summed E-state index contributed by atoms with van der Waals surface area (Å²) in [4.78, 5) is 28.4. The number of hydrogen-bond acceptors (Lipinski definition) is 3. The monoisotopic (exact) mass is 277 g/mol. The molecule has 20 heavy (non-hydrogen) atoms. The lowest BCUT2D eigenvalue weighted by Gasteiger charge is -2.16. The second-order valence-electron chi connectivity index (χ2n) is 5.40. The molecule has 6 heteroatoms. The number of likely N-dealkylation sites (tertiary alicyclic amines) is 1. The Kier molecular flexibility index (Phi) is 4.22. The summed E-state index contributed by atoms with van der Waals surface area (Å²) in [6.45, 7) is 5.80. The molecule has 2 amide bonds. The van der Waals surface area contributed by atoms with Crippen LogP contribution in [-0.4, -0.2) is 40.1 Å². The molecule has 0 aliphatic carbocycles. The van der Waals surface area contributed by atoms with Gasteiger partial charge in [0.15, 0.2) is 0 Å². The lowest BCUT2D eigenvalue weighted by atomic mass is 10.0. The molecule has 0 bridgehead atoms. The zero-order valence-electron chi connectivity index (χ0n) is 11.7. The maximum absolute atomic E-state index is 12.1. The number of aromatic nitrogens is 1. The molecule has 6 nitrogen and oxygen atoms in total. The van der Waals surface area contributed by atoms with Crippen LogP contribution in [0, 0.1) is 11.8 Å². The van der Waals surface area contributed by atoms with Crippen molar-refractivity contribution >= 4 is 17.7 Å². The summed E-state index contributed by atoms with van der Waals surface area (Å²) >= 11 is 0. The molecule has 1 aromatic heterocycles. The van der Waals surface area contributed by atoms with Gasteiger partial charge in [-0.15, -0.1) is 0 Å². The standard InChI is InChI=1S/C14H19N3O3/c1-9-7-17(8-10(9)2)14(20)16-12-4-3-11(15-6-12)5-13(18)19/h3-4,6,9-10H,5,7-8H2,1-2H3,(H,16,20)(H,18,19). The Hall–Kier alpha value is -2.11. The van der Waals surface area contributed by atoms with E-state index in [0.717, 1.165) is 13.1 Å². The first-order valence-corrected chi connectivity index (χ1v) is 6.68. The average Bonchev–Trinajstić information content (AvgIpc) is 2.71. The molecule has 0 aromatic carbocycles. The fourth-order valence-electron chi connectivity index (χ4n) is 2.26. The number of amides is 2. The van der Waals surface area contributed by atoms with E-state index >= 15 is 0 Å². The Morgan fingerprint density at radius 2 is 2.00 bits per heavy atom. The first-order valence-electron chi connectivity index (χ1n) is 6.68. The van der Waals surface area contributed by atoms with Crippen molar-refractivity contribution < 1.29 is 14.7 Å². The van der Waals surface area contributed by atoms with Gasteiger partial charge in [0.1, 0.15) is 0 Å². The van der Waals surface area contributed by atoms with Gasteiger partial charge in [-0.1, -0.05) is 13.8 Å². The van der Waals surface area contributed by atoms with Gasteiger partial charge in [-0.3, -0.25) is 9.78 Å². The Labute approximate surface area is 117 Å². The van der Waals surface area contributed by atoms with Crippen LogP contribution in [0.1, 0.15) is 19.5 Å². The van der Waals surface area contributed by atoms with Crippen LogP contribution in [-0.2, 0) is 11.2 Å². The third-order valence-electron chi connectivity index (χ3n) is 3.68. The van der Waals surface area contributed by atoms with E-state index in [1.807, 2.05) is 0 Å². The van der Waals surface area contributed by atoms with Crippen molar-refractivity contribution in [2.75, 3.05) is 18.4 Å². The van der Waals surface area contributed by atoms with Crippen LogP contribution >= 0.6 is 0 Å². The number of pyridine rings is 1. The third-order valence-corrected chi connectivity index (χ3v) is 3.68. The van der Waals surface area contributed by atoms with Crippen molar-refractivity contribution in [1.29, 1.82) is 0 Å². The fraction of sp³-hybridized carbons (Fsp3) is 0.500. The van der Waals surface area contributed by atoms with E-state index < -0.39 is 5.97 Å². The number of nitrogens with one attached hydrogen (secondary N) is 1. The maximum Gasteiger partial charge on any atom is 0.321 e. The van der Waals surface area contributed by atoms with E-state index in [1.54, 1.807) is 17.0 Å². The van der Waals surface area contributed by atoms with Crippen molar-refractivity contribution in [3.8, 4) is 0 Å². The van der Waals surface area contributed by atoms with Gasteiger partial charge in [-0.2, -0.15) is 0 Å². The van der Waals surface area contributed by atoms with E-state index in [9.17, 15) is 9.59 Å². The van der Waals surface area contributed by atoms with E-state index in [4.69, 9.17) is 5.11 Å². The summed E-state index contributed by atoms with van der Waals surface area (Å²) in [5.74, 6) is 0.1000. The topological polar surface area (TPSA) is 82.5 Å². The minimum absolute atomic E-state index is 0.116. The summed E-state index contributed by atoms with van der Waals surface area (Å²) in [6, 6.07) is 3.15.